The van der Waals surface area contributed by atoms with E-state index in [0.717, 1.165) is 28.8 Å². The van der Waals surface area contributed by atoms with E-state index in [1.54, 1.807) is 0 Å². The normalized spacial score (nSPS) is 11.0. The van der Waals surface area contributed by atoms with Crippen molar-refractivity contribution in [3.8, 4) is 0 Å². The van der Waals surface area contributed by atoms with Crippen LogP contribution in [0.4, 0.5) is 5.69 Å². The van der Waals surface area contributed by atoms with Crippen LogP contribution in [0.3, 0.4) is 0 Å². The van der Waals surface area contributed by atoms with Gasteiger partial charge < -0.3 is 9.73 Å². The van der Waals surface area contributed by atoms with Crippen molar-refractivity contribution >= 4 is 32.6 Å². The average Bonchev–Trinajstić information content (AvgIpc) is 2.81. The van der Waals surface area contributed by atoms with Crippen LogP contribution in [0.25, 0.3) is 11.0 Å². The van der Waals surface area contributed by atoms with E-state index in [1.807, 2.05) is 19.1 Å². The van der Waals surface area contributed by atoms with Gasteiger partial charge in [0.15, 0.2) is 0 Å². The molecule has 21 heavy (non-hydrogen) atoms. The number of nitrogens with one attached hydrogen (secondary N) is 1. The molecule has 3 rings (SSSR count). The van der Waals surface area contributed by atoms with E-state index in [4.69, 9.17) is 4.42 Å². The Morgan fingerprint density at radius 1 is 1.14 bits per heavy atom. The predicted molar refractivity (Wildman–Crippen MR) is 91.8 cm³/mol. The average molecular weight is 344 g/mol. The van der Waals surface area contributed by atoms with Crippen LogP contribution in [0.2, 0.25) is 0 Å². The summed E-state index contributed by atoms with van der Waals surface area (Å²) in [7, 11) is 0. The molecule has 0 saturated carbocycles. The highest BCUT2D eigenvalue weighted by Gasteiger charge is 2.10. The zero-order chi connectivity index (χ0) is 14.8. The van der Waals surface area contributed by atoms with E-state index in [1.165, 1.54) is 22.2 Å². The molecule has 3 aromatic rings. The van der Waals surface area contributed by atoms with Crippen LogP contribution in [-0.4, -0.2) is 0 Å². The quantitative estimate of drug-likeness (QED) is 0.659. The largest absolute Gasteiger partial charge is 0.461 e. The maximum Gasteiger partial charge on any atom is 0.134 e. The highest BCUT2D eigenvalue weighted by Crippen LogP contribution is 2.27. The van der Waals surface area contributed by atoms with Gasteiger partial charge in [0.2, 0.25) is 0 Å². The molecule has 108 valence electrons. The van der Waals surface area contributed by atoms with Crippen molar-refractivity contribution in [2.75, 3.05) is 5.32 Å². The summed E-state index contributed by atoms with van der Waals surface area (Å²) < 4.78 is 6.94. The van der Waals surface area contributed by atoms with Crippen molar-refractivity contribution in [2.45, 2.75) is 26.8 Å². The lowest BCUT2D eigenvalue weighted by Gasteiger charge is -2.11. The fraction of sp³-hybridized carbons (Fsp3) is 0.222. The second kappa shape index (κ2) is 5.94. The molecule has 0 aliphatic carbocycles. The number of halogens is 1. The second-order valence-electron chi connectivity index (χ2n) is 5.14. The Kier molecular flexibility index (Phi) is 4.02. The highest BCUT2D eigenvalue weighted by atomic mass is 79.9. The number of hydrogen-bond acceptors (Lipinski definition) is 2. The van der Waals surface area contributed by atoms with E-state index in [-0.39, 0.29) is 0 Å². The van der Waals surface area contributed by atoms with Gasteiger partial charge in [-0.05, 0) is 43.2 Å². The zero-order valence-electron chi connectivity index (χ0n) is 12.2. The molecule has 0 aliphatic heterocycles. The molecule has 0 radical (unpaired) electrons. The van der Waals surface area contributed by atoms with Gasteiger partial charge in [0, 0.05) is 27.7 Å². The summed E-state index contributed by atoms with van der Waals surface area (Å²) in [6.45, 7) is 4.97. The fourth-order valence-electron chi connectivity index (χ4n) is 2.65. The van der Waals surface area contributed by atoms with Crippen molar-refractivity contribution in [3.63, 3.8) is 0 Å². The summed E-state index contributed by atoms with van der Waals surface area (Å²) in [5.74, 6) is 0.985. The van der Waals surface area contributed by atoms with Crippen LogP contribution in [0.1, 0.15) is 23.8 Å². The minimum absolute atomic E-state index is 0.775. The van der Waals surface area contributed by atoms with Crippen molar-refractivity contribution < 1.29 is 4.42 Å². The maximum atomic E-state index is 5.82. The summed E-state index contributed by atoms with van der Waals surface area (Å²) in [6, 6.07) is 14.6. The fourth-order valence-corrected chi connectivity index (χ4v) is 3.06. The first-order valence-corrected chi connectivity index (χ1v) is 7.97. The van der Waals surface area contributed by atoms with Gasteiger partial charge in [0.1, 0.15) is 11.3 Å². The summed E-state index contributed by atoms with van der Waals surface area (Å²) in [5, 5.41) is 4.74. The van der Waals surface area contributed by atoms with Crippen molar-refractivity contribution in [1.29, 1.82) is 0 Å². The van der Waals surface area contributed by atoms with Gasteiger partial charge in [0.05, 0.1) is 0 Å². The molecule has 0 unspecified atom stereocenters. The molecule has 2 nitrogen and oxygen atoms in total. The number of para-hydroxylation sites is 1. The molecule has 0 saturated heterocycles. The first kappa shape index (κ1) is 14.2. The van der Waals surface area contributed by atoms with Crippen LogP contribution >= 0.6 is 15.9 Å². The van der Waals surface area contributed by atoms with Crippen LogP contribution in [0.15, 0.2) is 51.4 Å². The van der Waals surface area contributed by atoms with Gasteiger partial charge in [-0.1, -0.05) is 41.1 Å². The second-order valence-corrected chi connectivity index (χ2v) is 6.06. The van der Waals surface area contributed by atoms with Gasteiger partial charge in [-0.15, -0.1) is 0 Å². The number of rotatable bonds is 4. The zero-order valence-corrected chi connectivity index (χ0v) is 13.8. The molecule has 2 aromatic carbocycles. The number of hydrogen-bond donors (Lipinski definition) is 1. The molecule has 0 atom stereocenters. The standard InChI is InChI=1S/C18H18BrNO/c1-3-13-10-14(19)8-9-17(13)20-11-16-12(2)21-18-7-5-4-6-15(16)18/h4-10,20H,3,11H2,1-2H3. The summed E-state index contributed by atoms with van der Waals surface area (Å²) in [6.07, 6.45) is 1.01. The summed E-state index contributed by atoms with van der Waals surface area (Å²) >= 11 is 3.53. The van der Waals surface area contributed by atoms with E-state index in [9.17, 15) is 0 Å². The molecular weight excluding hydrogens is 326 g/mol. The Morgan fingerprint density at radius 3 is 2.76 bits per heavy atom. The molecule has 0 amide bonds. The van der Waals surface area contributed by atoms with Crippen LogP contribution in [0, 0.1) is 6.92 Å². The third-order valence-corrected chi connectivity index (χ3v) is 4.30. The minimum Gasteiger partial charge on any atom is -0.461 e. The molecule has 0 bridgehead atoms. The molecule has 3 heteroatoms. The topological polar surface area (TPSA) is 25.2 Å². The lowest BCUT2D eigenvalue weighted by Crippen LogP contribution is -2.02. The SMILES string of the molecule is CCc1cc(Br)ccc1NCc1c(C)oc2ccccc12. The smallest absolute Gasteiger partial charge is 0.134 e. The van der Waals surface area contributed by atoms with Gasteiger partial charge in [-0.25, -0.2) is 0 Å². The lowest BCUT2D eigenvalue weighted by atomic mass is 10.1. The van der Waals surface area contributed by atoms with Crippen LogP contribution in [-0.2, 0) is 13.0 Å². The number of fused-ring (bicyclic) bond motifs is 1. The molecule has 0 fully saturated rings. The van der Waals surface area contributed by atoms with E-state index >= 15 is 0 Å². The molecular formula is C18H18BrNO. The van der Waals surface area contributed by atoms with E-state index in [2.05, 4.69) is 58.5 Å². The van der Waals surface area contributed by atoms with Gasteiger partial charge in [-0.2, -0.15) is 0 Å². The Balaban J connectivity index is 1.88. The molecule has 0 spiro atoms. The lowest BCUT2D eigenvalue weighted by molar-refractivity contribution is 0.573. The van der Waals surface area contributed by atoms with E-state index < -0.39 is 0 Å². The van der Waals surface area contributed by atoms with Gasteiger partial charge in [-0.3, -0.25) is 0 Å². The highest BCUT2D eigenvalue weighted by molar-refractivity contribution is 9.10. The van der Waals surface area contributed by atoms with Crippen molar-refractivity contribution in [3.05, 3.63) is 63.8 Å². The predicted octanol–water partition coefficient (Wildman–Crippen LogP) is 5.68. The minimum atomic E-state index is 0.775. The maximum absolute atomic E-state index is 5.82. The Labute approximate surface area is 133 Å². The Morgan fingerprint density at radius 2 is 1.95 bits per heavy atom. The number of anilines is 1. The summed E-state index contributed by atoms with van der Waals surface area (Å²) in [5.41, 5.74) is 4.69. The molecule has 1 N–H and O–H groups in total. The van der Waals surface area contributed by atoms with E-state index in [0.29, 0.717) is 0 Å². The number of aryl methyl sites for hydroxylation is 2. The van der Waals surface area contributed by atoms with Crippen molar-refractivity contribution in [1.82, 2.24) is 0 Å². The van der Waals surface area contributed by atoms with Gasteiger partial charge in [0.25, 0.3) is 0 Å². The monoisotopic (exact) mass is 343 g/mol. The first-order valence-electron chi connectivity index (χ1n) is 7.18. The van der Waals surface area contributed by atoms with Crippen molar-refractivity contribution in [2.24, 2.45) is 0 Å². The third-order valence-electron chi connectivity index (χ3n) is 3.80. The van der Waals surface area contributed by atoms with Gasteiger partial charge >= 0.3 is 0 Å². The number of furan rings is 1. The molecule has 1 heterocycles. The molecule has 1 aromatic heterocycles. The van der Waals surface area contributed by atoms with Crippen LogP contribution < -0.4 is 5.32 Å². The third kappa shape index (κ3) is 2.84. The van der Waals surface area contributed by atoms with Crippen LogP contribution in [0.5, 0.6) is 0 Å². The molecule has 0 aliphatic rings. The Hall–Kier alpha value is -1.74. The first-order chi connectivity index (χ1) is 10.2. The summed E-state index contributed by atoms with van der Waals surface area (Å²) in [4.78, 5) is 0. The Bertz CT molecular complexity index is 776. The number of benzene rings is 2.